The third-order valence-electron chi connectivity index (χ3n) is 12.2. The summed E-state index contributed by atoms with van der Waals surface area (Å²) in [6.07, 6.45) is 11.9. The number of aliphatic carboxylic acids is 2. The number of carbonyl (C=O) groups is 2. The van der Waals surface area contributed by atoms with Gasteiger partial charge in [-0.1, -0.05) is 84.9 Å². The van der Waals surface area contributed by atoms with E-state index in [1.165, 1.54) is 15.9 Å². The predicted octanol–water partition coefficient (Wildman–Crippen LogP) is 8.70. The van der Waals surface area contributed by atoms with E-state index in [1.807, 2.05) is 60.7 Å². The van der Waals surface area contributed by atoms with E-state index in [4.69, 9.17) is 38.6 Å². The van der Waals surface area contributed by atoms with Crippen molar-refractivity contribution in [2.75, 3.05) is 32.6 Å². The lowest BCUT2D eigenvalue weighted by Crippen LogP contribution is -2.40. The van der Waals surface area contributed by atoms with Gasteiger partial charge in [0.05, 0.1) is 31.1 Å². The van der Waals surface area contributed by atoms with E-state index < -0.39 is 25.3 Å². The minimum Gasteiger partial charge on any atom is -0.491 e. The van der Waals surface area contributed by atoms with Crippen molar-refractivity contribution < 1.29 is 53.3 Å². The Morgan fingerprint density at radius 3 is 1.75 bits per heavy atom. The zero-order valence-electron chi connectivity index (χ0n) is 37.5. The van der Waals surface area contributed by atoms with Crippen LogP contribution >= 0.6 is 7.26 Å². The number of allylic oxidation sites excluding steroid dienone is 2. The van der Waals surface area contributed by atoms with Gasteiger partial charge < -0.3 is 43.7 Å². The van der Waals surface area contributed by atoms with Gasteiger partial charge in [0, 0.05) is 38.4 Å². The first kappa shape index (κ1) is 50.0. The summed E-state index contributed by atoms with van der Waals surface area (Å²) in [6, 6.07) is 41.3. The Balaban J connectivity index is 0.000000239. The molecule has 4 aromatic rings. The molecule has 4 aromatic carbocycles. The maximum Gasteiger partial charge on any atom is 0.303 e. The number of carboxylic acids is 2. The number of aliphatic hydroxyl groups is 1. The molecule has 0 bridgehead atoms. The summed E-state index contributed by atoms with van der Waals surface area (Å²) in [7, 11) is -1.87. The van der Waals surface area contributed by atoms with Crippen LogP contribution < -0.4 is 20.7 Å². The molecule has 0 radical (unpaired) electrons. The fourth-order valence-electron chi connectivity index (χ4n) is 8.94. The first-order valence-electron chi connectivity index (χ1n) is 23.5. The van der Waals surface area contributed by atoms with Crippen molar-refractivity contribution >= 4 is 35.1 Å². The summed E-state index contributed by atoms with van der Waals surface area (Å²) in [5.41, 5.74) is 0. The van der Waals surface area contributed by atoms with Crippen molar-refractivity contribution in [3.8, 4) is 5.75 Å². The average molecular weight is 912 g/mol. The maximum absolute atomic E-state index is 11.1. The molecule has 65 heavy (non-hydrogen) atoms. The summed E-state index contributed by atoms with van der Waals surface area (Å²) in [6.45, 7) is 1.96. The maximum atomic E-state index is 11.1. The van der Waals surface area contributed by atoms with E-state index >= 15 is 0 Å². The lowest BCUT2D eigenvalue weighted by Gasteiger charge is -2.32. The summed E-state index contributed by atoms with van der Waals surface area (Å²) in [5, 5.41) is 32.9. The molecule has 3 unspecified atom stereocenters. The number of rotatable bonds is 23. The first-order chi connectivity index (χ1) is 31.8. The molecule has 1 saturated carbocycles. The third-order valence-corrected chi connectivity index (χ3v) is 16.7. The number of benzene rings is 4. The van der Waals surface area contributed by atoms with Crippen molar-refractivity contribution in [3.63, 3.8) is 0 Å². The molecular formula is C53H68O11P+. The largest absolute Gasteiger partial charge is 0.491 e. The predicted molar refractivity (Wildman–Crippen MR) is 255 cm³/mol. The van der Waals surface area contributed by atoms with Gasteiger partial charge in [0.25, 0.3) is 0 Å². The molecule has 1 aliphatic carbocycles. The monoisotopic (exact) mass is 911 g/mol. The number of ether oxygens (including phenoxy) is 6. The van der Waals surface area contributed by atoms with Gasteiger partial charge in [0.1, 0.15) is 41.6 Å². The molecule has 0 amide bonds. The van der Waals surface area contributed by atoms with Gasteiger partial charge >= 0.3 is 11.9 Å². The number of hydrogen-bond donors (Lipinski definition) is 3. The lowest BCUT2D eigenvalue weighted by atomic mass is 9.96. The Hall–Kier alpha value is -4.45. The van der Waals surface area contributed by atoms with Crippen molar-refractivity contribution in [1.29, 1.82) is 0 Å². The fourth-order valence-corrected chi connectivity index (χ4v) is 13.3. The van der Waals surface area contributed by atoms with Crippen LogP contribution in [-0.2, 0) is 33.3 Å². The van der Waals surface area contributed by atoms with Gasteiger partial charge in [-0.15, -0.1) is 0 Å². The molecule has 7 rings (SSSR count). The topological polar surface area (TPSA) is 150 Å². The van der Waals surface area contributed by atoms with Crippen LogP contribution in [0.25, 0.3) is 0 Å². The first-order valence-corrected chi connectivity index (χ1v) is 25.4. The Labute approximate surface area is 385 Å². The fraction of sp³-hybridized carbons (Fsp3) is 0.472. The normalized spacial score (nSPS) is 22.7. The molecule has 7 atom stereocenters. The molecule has 3 N–H and O–H groups in total. The van der Waals surface area contributed by atoms with Crippen LogP contribution in [0.4, 0.5) is 0 Å². The number of aliphatic hydroxyl groups excluding tert-OH is 1. The molecule has 3 fully saturated rings. The van der Waals surface area contributed by atoms with Crippen molar-refractivity contribution in [2.45, 2.75) is 120 Å². The van der Waals surface area contributed by atoms with E-state index in [0.29, 0.717) is 45.5 Å². The number of para-hydroxylation sites is 1. The molecule has 0 aromatic heterocycles. The summed E-state index contributed by atoms with van der Waals surface area (Å²) >= 11 is 0. The van der Waals surface area contributed by atoms with Gasteiger partial charge in [-0.2, -0.15) is 0 Å². The summed E-state index contributed by atoms with van der Waals surface area (Å²) < 4.78 is 36.9. The Bertz CT molecular complexity index is 1860. The van der Waals surface area contributed by atoms with E-state index in [1.54, 1.807) is 0 Å². The van der Waals surface area contributed by atoms with E-state index in [0.717, 1.165) is 56.9 Å². The lowest BCUT2D eigenvalue weighted by molar-refractivity contribution is -0.226. The van der Waals surface area contributed by atoms with Crippen LogP contribution in [0.2, 0.25) is 0 Å². The smallest absolute Gasteiger partial charge is 0.303 e. The highest BCUT2D eigenvalue weighted by Gasteiger charge is 2.46. The minimum atomic E-state index is -1.87. The zero-order chi connectivity index (χ0) is 45.5. The molecule has 350 valence electrons. The third kappa shape index (κ3) is 15.9. The van der Waals surface area contributed by atoms with E-state index in [2.05, 4.69) is 72.8 Å². The van der Waals surface area contributed by atoms with Gasteiger partial charge in [-0.25, -0.2) is 0 Å². The molecule has 12 heteroatoms. The Kier molecular flexibility index (Phi) is 21.0. The average Bonchev–Trinajstić information content (AvgIpc) is 3.63. The molecular weight excluding hydrogens is 844 g/mol. The van der Waals surface area contributed by atoms with Crippen LogP contribution in [0, 0.1) is 5.92 Å². The van der Waals surface area contributed by atoms with E-state index in [-0.39, 0.29) is 56.3 Å². The highest BCUT2D eigenvalue weighted by atomic mass is 31.2. The molecule has 3 aliphatic rings. The van der Waals surface area contributed by atoms with Crippen LogP contribution in [0.1, 0.15) is 83.5 Å². The highest BCUT2D eigenvalue weighted by molar-refractivity contribution is 7.95. The zero-order valence-corrected chi connectivity index (χ0v) is 38.4. The molecule has 11 nitrogen and oxygen atoms in total. The second-order valence-electron chi connectivity index (χ2n) is 16.9. The van der Waals surface area contributed by atoms with Crippen LogP contribution in [0.5, 0.6) is 5.75 Å². The van der Waals surface area contributed by atoms with E-state index in [9.17, 15) is 14.7 Å². The van der Waals surface area contributed by atoms with Crippen LogP contribution in [-0.4, -0.2) is 96.8 Å². The van der Waals surface area contributed by atoms with Crippen molar-refractivity contribution in [2.24, 2.45) is 5.92 Å². The summed E-state index contributed by atoms with van der Waals surface area (Å²) in [5.74, 6) is -0.896. The Morgan fingerprint density at radius 2 is 1.22 bits per heavy atom. The van der Waals surface area contributed by atoms with Crippen molar-refractivity contribution in [3.05, 3.63) is 133 Å². The van der Waals surface area contributed by atoms with Gasteiger partial charge in [0.2, 0.25) is 0 Å². The second kappa shape index (κ2) is 27.3. The quantitative estimate of drug-likeness (QED) is 0.0485. The SMILES string of the molecule is O=C(O)CC/C=C\CC[C@H]1[C@H](OCC(COc2ccccc2)OC2CCCCO2)[C@@H](OC2CCCCO2)C[C@H]1O.O=C(O)CCC[P+](c1ccccc1)(c1ccccc1)c1ccccc1. The van der Waals surface area contributed by atoms with Gasteiger partial charge in [-0.05, 0) is 113 Å². The molecule has 0 spiro atoms. The van der Waals surface area contributed by atoms with Crippen LogP contribution in [0.15, 0.2) is 133 Å². The van der Waals surface area contributed by atoms with Gasteiger partial charge in [-0.3, -0.25) is 9.59 Å². The number of hydrogen-bond acceptors (Lipinski definition) is 9. The standard InChI is InChI=1S/C31H46O9.C22H21O2P/c32-26-20-27(40-30-17-9-11-19-36-30)31(25(26)14-6-1-2-7-15-28(33)34)38-22-24(39-29-16-8-10-18-35-29)21-37-23-12-4-3-5-13-23;23-22(24)17-10-18-25(19-11-4-1-5-12-19,20-13-6-2-7-14-20)21-15-8-3-9-16-21/h1-5,12-13,24-27,29-32H,6-11,14-22H2,(H,33,34);1-9,11-16H,10,17-18H2/p+1/b2-1-;/t24?,25-,26-,27+,29?,30?,31+;/m1./s1. The van der Waals surface area contributed by atoms with Crippen LogP contribution in [0.3, 0.4) is 0 Å². The summed E-state index contributed by atoms with van der Waals surface area (Å²) in [4.78, 5) is 21.9. The van der Waals surface area contributed by atoms with Gasteiger partial charge in [0.15, 0.2) is 12.6 Å². The molecule has 2 saturated heterocycles. The highest BCUT2D eigenvalue weighted by Crippen LogP contribution is 2.56. The molecule has 2 aliphatic heterocycles. The second-order valence-corrected chi connectivity index (χ2v) is 20.5. The Morgan fingerprint density at radius 1 is 0.677 bits per heavy atom. The number of carboxylic acid groups (broad SMARTS) is 2. The minimum absolute atomic E-state index is 0.114. The van der Waals surface area contributed by atoms with Crippen molar-refractivity contribution in [1.82, 2.24) is 0 Å². The molecule has 2 heterocycles.